The van der Waals surface area contributed by atoms with Crippen LogP contribution in [0, 0.1) is 3.57 Å². The van der Waals surface area contributed by atoms with E-state index in [2.05, 4.69) is 43.8 Å². The number of ether oxygens (including phenoxy) is 5. The number of nitrogens with zero attached hydrogens (tertiary/aromatic N) is 1. The van der Waals surface area contributed by atoms with E-state index in [1.165, 1.54) is 6.21 Å². The number of nitrogens with one attached hydrogen (secondary N) is 3. The molecular weight excluding hydrogens is 699 g/mol. The fourth-order valence-corrected chi connectivity index (χ4v) is 5.48. The van der Waals surface area contributed by atoms with Gasteiger partial charge in [-0.25, -0.2) is 10.2 Å². The Labute approximate surface area is 273 Å². The van der Waals surface area contributed by atoms with Gasteiger partial charge in [0.2, 0.25) is 6.79 Å². The number of rotatable bonds is 11. The monoisotopic (exact) mass is 728 g/mol. The van der Waals surface area contributed by atoms with Crippen LogP contribution in [0.2, 0.25) is 0 Å². The lowest BCUT2D eigenvalue weighted by molar-refractivity contribution is -0.139. The van der Waals surface area contributed by atoms with Gasteiger partial charge in [0.25, 0.3) is 5.91 Å². The molecule has 2 aliphatic rings. The number of amides is 1. The molecule has 0 unspecified atom stereocenters. The van der Waals surface area contributed by atoms with Gasteiger partial charge in [-0.05, 0) is 96.2 Å². The summed E-state index contributed by atoms with van der Waals surface area (Å²) in [6.45, 7) is 4.02. The van der Waals surface area contributed by atoms with Gasteiger partial charge in [-0.2, -0.15) is 5.10 Å². The standard InChI is InChI=1S/C31H29IN4O7S/c1-3-39-30(38)28-18(2)34-31(44)35-29(28)21-6-4-5-7-23(21)41-16-27(37)36-33-14-19-8-10-24(22(32)12-19)40-15-20-9-11-25-26(13-20)43-17-42-25/h4-14,29H,3,15-17H2,1-2H3,(H,36,37)(H2,34,35,44)/t29-/m0/s1. The zero-order valence-corrected chi connectivity index (χ0v) is 26.8. The minimum Gasteiger partial charge on any atom is -0.488 e. The van der Waals surface area contributed by atoms with Crippen molar-refractivity contribution in [2.75, 3.05) is 20.0 Å². The van der Waals surface area contributed by atoms with Crippen molar-refractivity contribution in [2.45, 2.75) is 26.5 Å². The highest BCUT2D eigenvalue weighted by molar-refractivity contribution is 14.1. The molecule has 3 N–H and O–H groups in total. The van der Waals surface area contributed by atoms with E-state index >= 15 is 0 Å². The van der Waals surface area contributed by atoms with E-state index in [0.717, 1.165) is 26.2 Å². The summed E-state index contributed by atoms with van der Waals surface area (Å²) in [5.74, 6) is 1.64. The number of fused-ring (bicyclic) bond motifs is 1. The third-order valence-electron chi connectivity index (χ3n) is 6.54. The van der Waals surface area contributed by atoms with Crippen LogP contribution in [0.3, 0.4) is 0 Å². The molecule has 0 spiro atoms. The number of carbonyl (C=O) groups excluding carboxylic acids is 2. The second kappa shape index (κ2) is 14.4. The minimum absolute atomic E-state index is 0.227. The molecule has 228 valence electrons. The van der Waals surface area contributed by atoms with Crippen LogP contribution in [0.25, 0.3) is 0 Å². The molecule has 5 rings (SSSR count). The van der Waals surface area contributed by atoms with Crippen LogP contribution in [0.5, 0.6) is 23.0 Å². The lowest BCUT2D eigenvalue weighted by Crippen LogP contribution is -2.45. The fraction of sp³-hybridized carbons (Fsp3) is 0.226. The predicted octanol–water partition coefficient (Wildman–Crippen LogP) is 4.48. The first kappa shape index (κ1) is 31.1. The second-order valence-electron chi connectivity index (χ2n) is 9.58. The molecule has 1 amide bonds. The van der Waals surface area contributed by atoms with Gasteiger partial charge in [0.05, 0.1) is 28.0 Å². The van der Waals surface area contributed by atoms with Crippen LogP contribution in [-0.2, 0) is 20.9 Å². The van der Waals surface area contributed by atoms with Crippen molar-refractivity contribution in [1.29, 1.82) is 0 Å². The lowest BCUT2D eigenvalue weighted by atomic mass is 9.95. The van der Waals surface area contributed by atoms with Gasteiger partial charge in [0.1, 0.15) is 18.1 Å². The lowest BCUT2D eigenvalue weighted by Gasteiger charge is -2.30. The third-order valence-corrected chi connectivity index (χ3v) is 7.61. The molecule has 0 aliphatic carbocycles. The molecule has 2 heterocycles. The van der Waals surface area contributed by atoms with Gasteiger partial charge in [0, 0.05) is 11.3 Å². The maximum atomic E-state index is 12.7. The number of hydrogen-bond acceptors (Lipinski definition) is 9. The van der Waals surface area contributed by atoms with Crippen molar-refractivity contribution in [1.82, 2.24) is 16.1 Å². The predicted molar refractivity (Wildman–Crippen MR) is 175 cm³/mol. The molecule has 0 radical (unpaired) electrons. The zero-order valence-electron chi connectivity index (χ0n) is 23.8. The molecule has 0 saturated carbocycles. The first-order valence-corrected chi connectivity index (χ1v) is 15.1. The van der Waals surface area contributed by atoms with E-state index in [9.17, 15) is 9.59 Å². The molecular formula is C31H29IN4O7S. The number of carbonyl (C=O) groups is 2. The quantitative estimate of drug-likeness (QED) is 0.0855. The SMILES string of the molecule is CCOC(=O)C1=C(C)NC(=S)N[C@H]1c1ccccc1OCC(=O)NN=Cc1ccc(OCc2ccc3c(c2)OCO3)c(I)c1. The Balaban J connectivity index is 1.16. The molecule has 13 heteroatoms. The summed E-state index contributed by atoms with van der Waals surface area (Å²) >= 11 is 7.51. The molecule has 44 heavy (non-hydrogen) atoms. The summed E-state index contributed by atoms with van der Waals surface area (Å²) in [5.41, 5.74) is 5.81. The number of hydrogen-bond donors (Lipinski definition) is 3. The molecule has 0 fully saturated rings. The highest BCUT2D eigenvalue weighted by Gasteiger charge is 2.32. The van der Waals surface area contributed by atoms with Crippen LogP contribution in [-0.4, -0.2) is 43.2 Å². The summed E-state index contributed by atoms with van der Waals surface area (Å²) in [7, 11) is 0. The largest absolute Gasteiger partial charge is 0.488 e. The van der Waals surface area contributed by atoms with Gasteiger partial charge in [-0.15, -0.1) is 0 Å². The maximum Gasteiger partial charge on any atom is 0.338 e. The van der Waals surface area contributed by atoms with E-state index in [1.807, 2.05) is 42.5 Å². The number of thiocarbonyl (C=S) groups is 1. The Morgan fingerprint density at radius 2 is 1.91 bits per heavy atom. The second-order valence-corrected chi connectivity index (χ2v) is 11.1. The highest BCUT2D eigenvalue weighted by Crippen LogP contribution is 2.34. The van der Waals surface area contributed by atoms with E-state index in [-0.39, 0.29) is 20.0 Å². The van der Waals surface area contributed by atoms with Gasteiger partial charge >= 0.3 is 5.97 Å². The van der Waals surface area contributed by atoms with Crippen LogP contribution in [0.4, 0.5) is 0 Å². The Kier molecular flexibility index (Phi) is 10.2. The van der Waals surface area contributed by atoms with Gasteiger partial charge in [-0.3, -0.25) is 4.79 Å². The highest BCUT2D eigenvalue weighted by atomic mass is 127. The summed E-state index contributed by atoms with van der Waals surface area (Å²) in [5, 5.41) is 10.5. The van der Waals surface area contributed by atoms with Crippen LogP contribution in [0.1, 0.15) is 36.6 Å². The van der Waals surface area contributed by atoms with Crippen molar-refractivity contribution in [3.63, 3.8) is 0 Å². The minimum atomic E-state index is -0.619. The molecule has 1 atom stereocenters. The van der Waals surface area contributed by atoms with Gasteiger partial charge < -0.3 is 34.3 Å². The van der Waals surface area contributed by atoms with Crippen molar-refractivity contribution in [2.24, 2.45) is 5.10 Å². The Bertz CT molecular complexity index is 1640. The van der Waals surface area contributed by atoms with Crippen LogP contribution < -0.4 is 35.0 Å². The van der Waals surface area contributed by atoms with Gasteiger partial charge in [0.15, 0.2) is 23.2 Å². The van der Waals surface area contributed by atoms with Crippen molar-refractivity contribution < 1.29 is 33.3 Å². The maximum absolute atomic E-state index is 12.7. The van der Waals surface area contributed by atoms with E-state index in [1.54, 1.807) is 32.0 Å². The third kappa shape index (κ3) is 7.58. The van der Waals surface area contributed by atoms with Crippen molar-refractivity contribution >= 4 is 58.0 Å². The normalized spacial score (nSPS) is 15.4. The van der Waals surface area contributed by atoms with E-state index in [0.29, 0.717) is 40.1 Å². The average Bonchev–Trinajstić information content (AvgIpc) is 3.47. The molecule has 3 aromatic rings. The van der Waals surface area contributed by atoms with Crippen LogP contribution in [0.15, 0.2) is 77.0 Å². The molecule has 3 aromatic carbocycles. The first-order chi connectivity index (χ1) is 21.3. The van der Waals surface area contributed by atoms with Crippen LogP contribution >= 0.6 is 34.8 Å². The zero-order chi connectivity index (χ0) is 31.1. The number of para-hydroxylation sites is 1. The number of benzene rings is 3. The Hall–Kier alpha value is -4.37. The average molecular weight is 729 g/mol. The molecule has 0 saturated heterocycles. The molecule has 2 aliphatic heterocycles. The fourth-order valence-electron chi connectivity index (χ4n) is 4.52. The number of halogens is 1. The smallest absolute Gasteiger partial charge is 0.338 e. The summed E-state index contributed by atoms with van der Waals surface area (Å²) in [6.07, 6.45) is 1.54. The summed E-state index contributed by atoms with van der Waals surface area (Å²) < 4.78 is 28.7. The Morgan fingerprint density at radius 1 is 1.09 bits per heavy atom. The first-order valence-electron chi connectivity index (χ1n) is 13.6. The van der Waals surface area contributed by atoms with Gasteiger partial charge in [-0.1, -0.05) is 24.3 Å². The molecule has 0 bridgehead atoms. The van der Waals surface area contributed by atoms with Crippen molar-refractivity contribution in [3.05, 3.63) is 92.2 Å². The topological polar surface area (TPSA) is 129 Å². The van der Waals surface area contributed by atoms with E-state index in [4.69, 9.17) is 35.9 Å². The number of hydrazone groups is 1. The summed E-state index contributed by atoms with van der Waals surface area (Å²) in [6, 6.07) is 17.8. The number of allylic oxidation sites excluding steroid dienone is 1. The van der Waals surface area contributed by atoms with E-state index < -0.39 is 17.9 Å². The number of esters is 1. The molecule has 0 aromatic heterocycles. The Morgan fingerprint density at radius 3 is 2.73 bits per heavy atom. The van der Waals surface area contributed by atoms with Crippen molar-refractivity contribution in [3.8, 4) is 23.0 Å². The molecule has 11 nitrogen and oxygen atoms in total. The summed E-state index contributed by atoms with van der Waals surface area (Å²) in [4.78, 5) is 25.3.